The van der Waals surface area contributed by atoms with Crippen molar-refractivity contribution in [2.75, 3.05) is 6.54 Å². The van der Waals surface area contributed by atoms with Gasteiger partial charge in [-0.05, 0) is 25.1 Å². The van der Waals surface area contributed by atoms with Crippen LogP contribution in [0, 0.1) is 0 Å². The molecule has 0 bridgehead atoms. The Hall–Kier alpha value is -0.760. The molecule has 0 spiro atoms. The first-order valence-corrected chi connectivity index (χ1v) is 6.73. The molecule has 0 amide bonds. The first kappa shape index (κ1) is 13.3. The molecule has 0 saturated heterocycles. The van der Waals surface area contributed by atoms with Crippen molar-refractivity contribution >= 4 is 0 Å². The van der Waals surface area contributed by atoms with Crippen molar-refractivity contribution in [3.8, 4) is 0 Å². The maximum Gasteiger partial charge on any atom is 0.0359 e. The van der Waals surface area contributed by atoms with E-state index in [2.05, 4.69) is 42.1 Å². The summed E-state index contributed by atoms with van der Waals surface area (Å²) >= 11 is 0. The van der Waals surface area contributed by atoms with Gasteiger partial charge in [0.25, 0.3) is 0 Å². The molecular weight excluding hydrogens is 196 g/mol. The lowest BCUT2D eigenvalue weighted by Crippen LogP contribution is -2.15. The first-order chi connectivity index (χ1) is 7.88. The summed E-state index contributed by atoms with van der Waals surface area (Å²) in [5.74, 6) is 0. The van der Waals surface area contributed by atoms with Crippen LogP contribution in [0.2, 0.25) is 0 Å². The Bertz CT molecular complexity index is 265. The molecule has 2 heteroatoms. The van der Waals surface area contributed by atoms with Gasteiger partial charge in [0.2, 0.25) is 0 Å². The minimum absolute atomic E-state index is 0.998. The van der Waals surface area contributed by atoms with E-state index in [1.807, 2.05) is 0 Å². The zero-order valence-corrected chi connectivity index (χ0v) is 10.8. The van der Waals surface area contributed by atoms with Crippen molar-refractivity contribution in [2.45, 2.75) is 59.0 Å². The molecule has 16 heavy (non-hydrogen) atoms. The van der Waals surface area contributed by atoms with Crippen LogP contribution in [0.4, 0.5) is 0 Å². The molecule has 0 saturated carbocycles. The molecule has 0 radical (unpaired) electrons. The Morgan fingerprint density at radius 2 is 1.94 bits per heavy atom. The third kappa shape index (κ3) is 4.84. The van der Waals surface area contributed by atoms with Crippen LogP contribution in [0.1, 0.15) is 51.6 Å². The van der Waals surface area contributed by atoms with Gasteiger partial charge in [-0.15, -0.1) is 0 Å². The van der Waals surface area contributed by atoms with Crippen LogP contribution in [0.5, 0.6) is 0 Å². The van der Waals surface area contributed by atoms with Crippen LogP contribution in [-0.4, -0.2) is 11.1 Å². The number of unbranched alkanes of at least 4 members (excludes halogenated alkanes) is 4. The molecule has 1 N–H and O–H groups in total. The molecule has 0 unspecified atom stereocenters. The summed E-state index contributed by atoms with van der Waals surface area (Å²) in [7, 11) is 0. The van der Waals surface area contributed by atoms with E-state index >= 15 is 0 Å². The van der Waals surface area contributed by atoms with Gasteiger partial charge in [-0.2, -0.15) is 0 Å². The molecule has 0 aliphatic heterocycles. The van der Waals surface area contributed by atoms with E-state index in [0.29, 0.717) is 0 Å². The van der Waals surface area contributed by atoms with Gasteiger partial charge in [0.05, 0.1) is 0 Å². The number of hydrogen-bond donors (Lipinski definition) is 1. The van der Waals surface area contributed by atoms with Gasteiger partial charge >= 0.3 is 0 Å². The smallest absolute Gasteiger partial charge is 0.0359 e. The van der Waals surface area contributed by atoms with Crippen molar-refractivity contribution in [1.29, 1.82) is 0 Å². The van der Waals surface area contributed by atoms with Crippen molar-refractivity contribution in [3.05, 3.63) is 24.0 Å². The molecule has 0 fully saturated rings. The fourth-order valence-electron chi connectivity index (χ4n) is 1.97. The van der Waals surface area contributed by atoms with Gasteiger partial charge in [-0.1, -0.05) is 39.5 Å². The topological polar surface area (TPSA) is 17.0 Å². The number of nitrogens with zero attached hydrogens (tertiary/aromatic N) is 1. The van der Waals surface area contributed by atoms with E-state index < -0.39 is 0 Å². The molecule has 92 valence electrons. The predicted molar refractivity (Wildman–Crippen MR) is 70.6 cm³/mol. The lowest BCUT2D eigenvalue weighted by atomic mass is 10.1. The second kappa shape index (κ2) is 8.40. The predicted octanol–water partition coefficient (Wildman–Crippen LogP) is 3.57. The van der Waals surface area contributed by atoms with Crippen LogP contribution in [0.25, 0.3) is 0 Å². The number of hydrogen-bond acceptors (Lipinski definition) is 1. The van der Waals surface area contributed by atoms with E-state index in [0.717, 1.165) is 13.1 Å². The highest BCUT2D eigenvalue weighted by Crippen LogP contribution is 2.07. The average molecular weight is 222 g/mol. The van der Waals surface area contributed by atoms with E-state index in [9.17, 15) is 0 Å². The molecule has 2 nitrogen and oxygen atoms in total. The normalized spacial score (nSPS) is 10.9. The summed E-state index contributed by atoms with van der Waals surface area (Å²) in [5, 5.41) is 3.38. The van der Waals surface area contributed by atoms with Gasteiger partial charge < -0.3 is 9.88 Å². The van der Waals surface area contributed by atoms with Crippen molar-refractivity contribution in [2.24, 2.45) is 0 Å². The maximum atomic E-state index is 3.38. The van der Waals surface area contributed by atoms with Crippen LogP contribution in [-0.2, 0) is 13.1 Å². The Balaban J connectivity index is 2.22. The van der Waals surface area contributed by atoms with E-state index in [4.69, 9.17) is 0 Å². The lowest BCUT2D eigenvalue weighted by molar-refractivity contribution is 0.548. The molecule has 1 aromatic heterocycles. The highest BCUT2D eigenvalue weighted by Gasteiger charge is 1.99. The highest BCUT2D eigenvalue weighted by atomic mass is 15.0. The Labute approximate surface area is 100 Å². The van der Waals surface area contributed by atoms with E-state index in [1.54, 1.807) is 0 Å². The van der Waals surface area contributed by atoms with Gasteiger partial charge in [-0.3, -0.25) is 0 Å². The van der Waals surface area contributed by atoms with Crippen molar-refractivity contribution in [1.82, 2.24) is 9.88 Å². The quantitative estimate of drug-likeness (QED) is 0.632. The average Bonchev–Trinajstić information content (AvgIpc) is 2.74. The SMILES string of the molecule is CCCCCCCn1cccc1CNCC. The first-order valence-electron chi connectivity index (χ1n) is 6.73. The van der Waals surface area contributed by atoms with Gasteiger partial charge in [0.15, 0.2) is 0 Å². The highest BCUT2D eigenvalue weighted by molar-refractivity contribution is 5.06. The second-order valence-corrected chi connectivity index (χ2v) is 4.39. The molecule has 0 aliphatic rings. The summed E-state index contributed by atoms with van der Waals surface area (Å²) < 4.78 is 2.38. The summed E-state index contributed by atoms with van der Waals surface area (Å²) in [6, 6.07) is 4.37. The van der Waals surface area contributed by atoms with Gasteiger partial charge in [0.1, 0.15) is 0 Å². The molecule has 0 aliphatic carbocycles. The fraction of sp³-hybridized carbons (Fsp3) is 0.714. The summed E-state index contributed by atoms with van der Waals surface area (Å²) in [4.78, 5) is 0. The summed E-state index contributed by atoms with van der Waals surface area (Å²) in [6.07, 6.45) is 8.98. The van der Waals surface area contributed by atoms with Crippen molar-refractivity contribution < 1.29 is 0 Å². The third-order valence-electron chi connectivity index (χ3n) is 2.98. The molecule has 1 heterocycles. The number of rotatable bonds is 9. The number of aryl methyl sites for hydroxylation is 1. The summed E-state index contributed by atoms with van der Waals surface area (Å²) in [5.41, 5.74) is 1.41. The van der Waals surface area contributed by atoms with E-state index in [1.165, 1.54) is 44.3 Å². The minimum atomic E-state index is 0.998. The third-order valence-corrected chi connectivity index (χ3v) is 2.98. The molecular formula is C14H26N2. The summed E-state index contributed by atoms with van der Waals surface area (Å²) in [6.45, 7) is 7.63. The Morgan fingerprint density at radius 1 is 1.12 bits per heavy atom. The van der Waals surface area contributed by atoms with Crippen molar-refractivity contribution in [3.63, 3.8) is 0 Å². The van der Waals surface area contributed by atoms with E-state index in [-0.39, 0.29) is 0 Å². The molecule has 0 atom stereocenters. The Morgan fingerprint density at radius 3 is 2.69 bits per heavy atom. The van der Waals surface area contributed by atoms with Crippen LogP contribution >= 0.6 is 0 Å². The van der Waals surface area contributed by atoms with Crippen LogP contribution < -0.4 is 5.32 Å². The molecule has 0 aromatic carbocycles. The number of nitrogens with one attached hydrogen (secondary N) is 1. The molecule has 1 aromatic rings. The minimum Gasteiger partial charge on any atom is -0.350 e. The molecule has 1 rings (SSSR count). The van der Waals surface area contributed by atoms with Crippen LogP contribution in [0.15, 0.2) is 18.3 Å². The standard InChI is InChI=1S/C14H26N2/c1-3-5-6-7-8-11-16-12-9-10-14(16)13-15-4-2/h9-10,12,15H,3-8,11,13H2,1-2H3. The largest absolute Gasteiger partial charge is 0.350 e. The fourth-order valence-corrected chi connectivity index (χ4v) is 1.97. The van der Waals surface area contributed by atoms with Crippen LogP contribution in [0.3, 0.4) is 0 Å². The second-order valence-electron chi connectivity index (χ2n) is 4.39. The monoisotopic (exact) mass is 222 g/mol. The lowest BCUT2D eigenvalue weighted by Gasteiger charge is -2.09. The zero-order chi connectivity index (χ0) is 11.6. The Kier molecular flexibility index (Phi) is 6.98. The number of aromatic nitrogens is 1. The zero-order valence-electron chi connectivity index (χ0n) is 10.8. The van der Waals surface area contributed by atoms with Gasteiger partial charge in [-0.25, -0.2) is 0 Å². The maximum absolute atomic E-state index is 3.38. The van der Waals surface area contributed by atoms with Gasteiger partial charge in [0, 0.05) is 25.0 Å².